The summed E-state index contributed by atoms with van der Waals surface area (Å²) in [5, 5.41) is 0. The van der Waals surface area contributed by atoms with Crippen LogP contribution in [0.2, 0.25) is 0 Å². The first-order valence-electron chi connectivity index (χ1n) is 10.2. The maximum Gasteiger partial charge on any atom is 0.514 e. The Labute approximate surface area is 191 Å². The molecule has 0 aliphatic carbocycles. The van der Waals surface area contributed by atoms with Crippen molar-refractivity contribution in [2.45, 2.75) is 32.7 Å². The Bertz CT molecular complexity index is 968. The number of anilines is 1. The molecule has 164 valence electrons. The highest BCUT2D eigenvalue weighted by molar-refractivity contribution is 9.10. The van der Waals surface area contributed by atoms with Crippen LogP contribution in [0.4, 0.5) is 10.5 Å². The van der Waals surface area contributed by atoms with E-state index >= 15 is 0 Å². The van der Waals surface area contributed by atoms with Gasteiger partial charge in [-0.25, -0.2) is 4.79 Å². The summed E-state index contributed by atoms with van der Waals surface area (Å²) >= 11 is 3.52. The Kier molecular flexibility index (Phi) is 7.51. The predicted molar refractivity (Wildman–Crippen MR) is 124 cm³/mol. The standard InChI is InChI=1S/C24H27BrN2O4/c1-4-9-30-24(29)31-18-11-16(3)19(20(25)12-18)13-21(26)23(28)27-14-15(2)10-17-7-5-6-8-22(17)27/h4-8,11-12,15,21H,1,9-10,13-14,26H2,2-3H3/t15?,21-/m1/s1. The van der Waals surface area contributed by atoms with Gasteiger partial charge in [-0.1, -0.05) is 53.7 Å². The zero-order chi connectivity index (χ0) is 22.5. The fourth-order valence-corrected chi connectivity index (χ4v) is 4.53. The summed E-state index contributed by atoms with van der Waals surface area (Å²) in [6.07, 6.45) is 1.98. The first-order chi connectivity index (χ1) is 14.8. The van der Waals surface area contributed by atoms with E-state index in [4.69, 9.17) is 15.2 Å². The van der Waals surface area contributed by atoms with Gasteiger partial charge >= 0.3 is 6.16 Å². The molecule has 0 fully saturated rings. The number of ether oxygens (including phenoxy) is 2. The summed E-state index contributed by atoms with van der Waals surface area (Å²) in [7, 11) is 0. The average molecular weight is 487 g/mol. The molecule has 0 spiro atoms. The van der Waals surface area contributed by atoms with Gasteiger partial charge < -0.3 is 20.1 Å². The van der Waals surface area contributed by atoms with Crippen LogP contribution in [0.3, 0.4) is 0 Å². The summed E-state index contributed by atoms with van der Waals surface area (Å²) in [5.74, 6) is 0.622. The number of hydrogen-bond acceptors (Lipinski definition) is 5. The van der Waals surface area contributed by atoms with Gasteiger partial charge in [0, 0.05) is 16.7 Å². The summed E-state index contributed by atoms with van der Waals surface area (Å²) in [6.45, 7) is 8.25. The minimum Gasteiger partial charge on any atom is -0.430 e. The van der Waals surface area contributed by atoms with E-state index in [9.17, 15) is 9.59 Å². The van der Waals surface area contributed by atoms with Crippen LogP contribution in [-0.4, -0.2) is 31.3 Å². The Morgan fingerprint density at radius 3 is 2.81 bits per heavy atom. The van der Waals surface area contributed by atoms with Crippen LogP contribution in [0.1, 0.15) is 23.6 Å². The second-order valence-corrected chi connectivity index (χ2v) is 8.70. The molecule has 2 aromatic carbocycles. The second kappa shape index (κ2) is 10.1. The molecule has 6 nitrogen and oxygen atoms in total. The van der Waals surface area contributed by atoms with E-state index in [1.165, 1.54) is 11.6 Å². The number of rotatable bonds is 6. The molecular weight excluding hydrogens is 460 g/mol. The lowest BCUT2D eigenvalue weighted by atomic mass is 9.92. The van der Waals surface area contributed by atoms with Gasteiger partial charge in [0.05, 0.1) is 6.04 Å². The van der Waals surface area contributed by atoms with Crippen LogP contribution in [0, 0.1) is 12.8 Å². The molecule has 0 saturated heterocycles. The number of halogens is 1. The SMILES string of the molecule is C=CCOC(=O)Oc1cc(C)c(C[C@@H](N)C(=O)N2CC(C)Cc3ccccc32)c(Br)c1. The van der Waals surface area contributed by atoms with Crippen molar-refractivity contribution in [1.82, 2.24) is 0 Å². The fraction of sp³-hybridized carbons (Fsp3) is 0.333. The zero-order valence-corrected chi connectivity index (χ0v) is 19.4. The van der Waals surface area contributed by atoms with Gasteiger partial charge in [-0.05, 0) is 60.6 Å². The predicted octanol–water partition coefficient (Wildman–Crippen LogP) is 4.55. The number of para-hydroxylation sites is 1. The zero-order valence-electron chi connectivity index (χ0n) is 17.8. The number of nitrogens with zero attached hydrogens (tertiary/aromatic N) is 1. The van der Waals surface area contributed by atoms with Crippen molar-refractivity contribution >= 4 is 33.7 Å². The Balaban J connectivity index is 1.74. The third-order valence-electron chi connectivity index (χ3n) is 5.26. The average Bonchev–Trinajstić information content (AvgIpc) is 2.73. The van der Waals surface area contributed by atoms with Crippen molar-refractivity contribution in [2.75, 3.05) is 18.1 Å². The summed E-state index contributed by atoms with van der Waals surface area (Å²) < 4.78 is 10.7. The lowest BCUT2D eigenvalue weighted by Gasteiger charge is -2.34. The maximum absolute atomic E-state index is 13.2. The van der Waals surface area contributed by atoms with E-state index in [2.05, 4.69) is 35.5 Å². The monoisotopic (exact) mass is 486 g/mol. The van der Waals surface area contributed by atoms with Crippen LogP contribution in [0.25, 0.3) is 0 Å². The molecule has 0 bridgehead atoms. The highest BCUT2D eigenvalue weighted by Gasteiger charge is 2.30. The number of carbonyl (C=O) groups is 2. The van der Waals surface area contributed by atoms with Gasteiger partial charge in [0.2, 0.25) is 5.91 Å². The Hall–Kier alpha value is -2.64. The normalized spacial score (nSPS) is 16.3. The third kappa shape index (κ3) is 5.54. The van der Waals surface area contributed by atoms with Crippen molar-refractivity contribution in [3.05, 3.63) is 70.2 Å². The van der Waals surface area contributed by atoms with E-state index in [0.717, 1.165) is 27.7 Å². The number of hydrogen-bond donors (Lipinski definition) is 1. The molecule has 2 N–H and O–H groups in total. The fourth-order valence-electron chi connectivity index (χ4n) is 3.83. The number of nitrogens with two attached hydrogens (primary N) is 1. The summed E-state index contributed by atoms with van der Waals surface area (Å²) in [4.78, 5) is 26.7. The summed E-state index contributed by atoms with van der Waals surface area (Å²) in [5.41, 5.74) is 10.2. The van der Waals surface area contributed by atoms with Crippen molar-refractivity contribution in [3.8, 4) is 5.75 Å². The lowest BCUT2D eigenvalue weighted by molar-refractivity contribution is -0.120. The van der Waals surface area contributed by atoms with Gasteiger partial charge in [0.25, 0.3) is 0 Å². The topological polar surface area (TPSA) is 81.9 Å². The molecule has 0 radical (unpaired) electrons. The van der Waals surface area contributed by atoms with Gasteiger partial charge in [-0.15, -0.1) is 0 Å². The van der Waals surface area contributed by atoms with E-state index in [0.29, 0.717) is 24.6 Å². The van der Waals surface area contributed by atoms with Gasteiger partial charge in [-0.2, -0.15) is 0 Å². The van der Waals surface area contributed by atoms with E-state index in [1.54, 1.807) is 12.1 Å². The molecular formula is C24H27BrN2O4. The highest BCUT2D eigenvalue weighted by atomic mass is 79.9. The lowest BCUT2D eigenvalue weighted by Crippen LogP contribution is -2.48. The van der Waals surface area contributed by atoms with E-state index in [-0.39, 0.29) is 12.5 Å². The minimum absolute atomic E-state index is 0.0757. The summed E-state index contributed by atoms with van der Waals surface area (Å²) in [6, 6.07) is 10.7. The van der Waals surface area contributed by atoms with Crippen LogP contribution in [0.5, 0.6) is 5.75 Å². The molecule has 7 heteroatoms. The number of benzene rings is 2. The van der Waals surface area contributed by atoms with Crippen LogP contribution < -0.4 is 15.4 Å². The molecule has 0 saturated carbocycles. The molecule has 0 aromatic heterocycles. The number of amides is 1. The molecule has 1 aliphatic heterocycles. The quantitative estimate of drug-likeness (QED) is 0.367. The second-order valence-electron chi connectivity index (χ2n) is 7.85. The van der Waals surface area contributed by atoms with Gasteiger partial charge in [0.1, 0.15) is 12.4 Å². The first kappa shape index (κ1) is 23.0. The minimum atomic E-state index is -0.802. The maximum atomic E-state index is 13.2. The van der Waals surface area contributed by atoms with Gasteiger partial charge in [0.15, 0.2) is 0 Å². The van der Waals surface area contributed by atoms with Gasteiger partial charge in [-0.3, -0.25) is 4.79 Å². The highest BCUT2D eigenvalue weighted by Crippen LogP contribution is 2.31. The Morgan fingerprint density at radius 2 is 2.10 bits per heavy atom. The van der Waals surface area contributed by atoms with Crippen LogP contribution in [-0.2, 0) is 22.4 Å². The van der Waals surface area contributed by atoms with E-state index in [1.807, 2.05) is 30.0 Å². The van der Waals surface area contributed by atoms with Crippen molar-refractivity contribution in [3.63, 3.8) is 0 Å². The molecule has 1 heterocycles. The molecule has 1 amide bonds. The molecule has 1 aliphatic rings. The van der Waals surface area contributed by atoms with Crippen LogP contribution in [0.15, 0.2) is 53.5 Å². The van der Waals surface area contributed by atoms with Crippen molar-refractivity contribution in [1.29, 1.82) is 0 Å². The third-order valence-corrected chi connectivity index (χ3v) is 5.97. The molecule has 2 atom stereocenters. The molecule has 31 heavy (non-hydrogen) atoms. The van der Waals surface area contributed by atoms with Crippen molar-refractivity contribution < 1.29 is 19.1 Å². The molecule has 2 aromatic rings. The number of fused-ring (bicyclic) bond motifs is 1. The molecule has 3 rings (SSSR count). The van der Waals surface area contributed by atoms with Crippen LogP contribution >= 0.6 is 15.9 Å². The van der Waals surface area contributed by atoms with Crippen molar-refractivity contribution in [2.24, 2.45) is 11.7 Å². The largest absolute Gasteiger partial charge is 0.514 e. The smallest absolute Gasteiger partial charge is 0.430 e. The number of carbonyl (C=O) groups excluding carboxylic acids is 2. The number of aryl methyl sites for hydroxylation is 1. The first-order valence-corrected chi connectivity index (χ1v) is 11.0. The Morgan fingerprint density at radius 1 is 1.35 bits per heavy atom. The molecule has 1 unspecified atom stereocenters. The van der Waals surface area contributed by atoms with E-state index < -0.39 is 12.2 Å².